The van der Waals surface area contributed by atoms with Crippen LogP contribution in [0.1, 0.15) is 136 Å². The van der Waals surface area contributed by atoms with Gasteiger partial charge in [-0.25, -0.2) is 4.98 Å². The largest absolute Gasteiger partial charge is 0.509 e. The molecule has 408 valence electrons. The van der Waals surface area contributed by atoms with E-state index >= 15 is 0 Å². The Balaban J connectivity index is 0.00000736. The van der Waals surface area contributed by atoms with Gasteiger partial charge in [0, 0.05) is 72.5 Å². The van der Waals surface area contributed by atoms with E-state index in [1.54, 1.807) is 16.8 Å². The van der Waals surface area contributed by atoms with Gasteiger partial charge in [0.2, 0.25) is 0 Å². The number of pyridine rings is 1. The second-order valence-electron chi connectivity index (χ2n) is 26.2. The van der Waals surface area contributed by atoms with Gasteiger partial charge in [-0.05, 0) is 138 Å². The number of benzene rings is 8. The molecule has 0 atom stereocenters. The number of anilines is 4. The summed E-state index contributed by atoms with van der Waals surface area (Å²) in [5.41, 5.74) is 17.8. The van der Waals surface area contributed by atoms with Crippen LogP contribution in [0.2, 0.25) is 0 Å². The molecule has 0 unspecified atom stereocenters. The number of aromatic nitrogens is 2. The van der Waals surface area contributed by atoms with E-state index in [0.717, 1.165) is 57.8 Å². The van der Waals surface area contributed by atoms with Crippen LogP contribution in [-0.4, -0.2) is 9.55 Å². The van der Waals surface area contributed by atoms with Gasteiger partial charge in [-0.3, -0.25) is 0 Å². The number of para-hydroxylation sites is 3. The average molecular weight is 1230 g/mol. The fourth-order valence-electron chi connectivity index (χ4n) is 11.7. The summed E-state index contributed by atoms with van der Waals surface area (Å²) in [7, 11) is 0. The molecule has 3 heterocycles. The van der Waals surface area contributed by atoms with Gasteiger partial charge >= 0.3 is 0 Å². The Morgan fingerprint density at radius 2 is 1.15 bits per heavy atom. The second-order valence-corrected chi connectivity index (χ2v) is 26.2. The molecule has 1 aliphatic carbocycles. The van der Waals surface area contributed by atoms with E-state index in [-0.39, 0.29) is 72.3 Å². The summed E-state index contributed by atoms with van der Waals surface area (Å²) < 4.78 is 44.1. The second kappa shape index (κ2) is 20.1. The van der Waals surface area contributed by atoms with E-state index < -0.39 is 0 Å². The maximum atomic E-state index is 9.15. The summed E-state index contributed by atoms with van der Waals surface area (Å²) in [5.74, 6) is 1.38. The zero-order chi connectivity index (χ0) is 58.9. The SMILES string of the molecule is [2H]c1c([2H])c([2H])c2c(c1[2H])c1ccc(Oc3[c-]c(N4[CH-]N(c5c(-c6ccc(-c7cccc(C(C)(C)C)c7)cc6)cc(C(C)(C)C)cc5-c5ccc6c(c5)C(C)(C)CCC6(C)C)c5ccccc54)ccc3)[c-]c1n2-c1cc(C(C)(C)C)ccn1.[Pt]. The summed E-state index contributed by atoms with van der Waals surface area (Å²) in [6, 6.07) is 58.5. The summed E-state index contributed by atoms with van der Waals surface area (Å²) in [5, 5.41) is 1.01. The molecule has 0 saturated heterocycles. The summed E-state index contributed by atoms with van der Waals surface area (Å²) >= 11 is 0. The van der Waals surface area contributed by atoms with Crippen LogP contribution in [-0.2, 0) is 48.1 Å². The molecule has 0 saturated carbocycles. The van der Waals surface area contributed by atoms with E-state index in [4.69, 9.17) is 15.2 Å². The minimum absolute atomic E-state index is 0. The van der Waals surface area contributed by atoms with E-state index in [9.17, 15) is 0 Å². The zero-order valence-electron chi connectivity index (χ0n) is 52.4. The minimum Gasteiger partial charge on any atom is -0.509 e. The van der Waals surface area contributed by atoms with Crippen molar-refractivity contribution < 1.29 is 31.3 Å². The molecule has 0 amide bonds. The standard InChI is InChI=1S/C74H73N4O.Pt/c1-70(2,3)52-21-18-20-50(40-52)48-28-30-49(31-29-48)60-42-54(72(7,8)9)43-61(51-32-35-62-63(41-51)74(12,13)38-37-73(62,10)11)69(60)77-47-76(65-26-16-17-27-66(65)77)55-22-19-23-56(45-55)79-57-33-34-59-58-24-14-15-25-64(58)78(67(59)46-57)68-44-53(36-39-75-68)71(4,5)6;/h14-36,39-44,47H,37-38H2,1-13H3;/q-3;/i14D,15D,24D,25D;. The van der Waals surface area contributed by atoms with Crippen LogP contribution in [0.5, 0.6) is 11.5 Å². The molecule has 5 nitrogen and oxygen atoms in total. The molecule has 12 rings (SSSR count). The van der Waals surface area contributed by atoms with E-state index in [1.807, 2.05) is 30.3 Å². The Morgan fingerprint density at radius 1 is 0.537 bits per heavy atom. The first-order chi connectivity index (χ1) is 39.2. The van der Waals surface area contributed by atoms with Crippen molar-refractivity contribution in [2.45, 2.75) is 130 Å². The zero-order valence-corrected chi connectivity index (χ0v) is 50.7. The Morgan fingerprint density at radius 3 is 1.86 bits per heavy atom. The Kier molecular flexibility index (Phi) is 12.5. The molecule has 0 bridgehead atoms. The number of ether oxygens (including phenoxy) is 1. The Bertz CT molecular complexity index is 4230. The van der Waals surface area contributed by atoms with Crippen molar-refractivity contribution in [2.24, 2.45) is 0 Å². The van der Waals surface area contributed by atoms with Crippen molar-refractivity contribution in [1.82, 2.24) is 9.55 Å². The van der Waals surface area contributed by atoms with Crippen molar-refractivity contribution in [3.63, 3.8) is 0 Å². The van der Waals surface area contributed by atoms with Gasteiger partial charge in [0.15, 0.2) is 0 Å². The number of hydrogen-bond acceptors (Lipinski definition) is 4. The van der Waals surface area contributed by atoms with E-state index in [1.165, 1.54) is 38.9 Å². The van der Waals surface area contributed by atoms with Crippen molar-refractivity contribution in [2.75, 3.05) is 9.80 Å². The third-order valence-electron chi connectivity index (χ3n) is 16.6. The molecule has 2 aliphatic rings. The fourth-order valence-corrected chi connectivity index (χ4v) is 11.7. The van der Waals surface area contributed by atoms with Gasteiger partial charge in [-0.15, -0.1) is 48.1 Å². The minimum atomic E-state index is -0.311. The maximum absolute atomic E-state index is 9.15. The molecule has 10 aromatic rings. The number of rotatable bonds is 8. The van der Waals surface area contributed by atoms with Crippen LogP contribution >= 0.6 is 0 Å². The first-order valence-electron chi connectivity index (χ1n) is 29.9. The maximum Gasteiger partial charge on any atom is 0.135 e. The van der Waals surface area contributed by atoms with Crippen LogP contribution in [0.3, 0.4) is 0 Å². The molecular formula is C74H73N4OPt-3. The van der Waals surface area contributed by atoms with Gasteiger partial charge in [-0.1, -0.05) is 193 Å². The fraction of sp³-hybridized carbons (Fsp3) is 0.270. The van der Waals surface area contributed by atoms with Crippen molar-refractivity contribution >= 4 is 44.6 Å². The van der Waals surface area contributed by atoms with Crippen LogP contribution in [0.15, 0.2) is 176 Å². The summed E-state index contributed by atoms with van der Waals surface area (Å²) in [6.45, 7) is 31.9. The topological polar surface area (TPSA) is 33.5 Å². The Hall–Kier alpha value is -7.20. The molecule has 6 heteroatoms. The third kappa shape index (κ3) is 9.99. The van der Waals surface area contributed by atoms with Crippen molar-refractivity contribution in [1.29, 1.82) is 0 Å². The monoisotopic (exact) mass is 1230 g/mol. The van der Waals surface area contributed by atoms with Gasteiger partial charge in [0.25, 0.3) is 0 Å². The van der Waals surface area contributed by atoms with Crippen LogP contribution in [0.4, 0.5) is 22.7 Å². The number of hydrogen-bond donors (Lipinski definition) is 0. The quantitative estimate of drug-likeness (QED) is 0.142. The first-order valence-corrected chi connectivity index (χ1v) is 27.9. The first kappa shape index (κ1) is 49.8. The van der Waals surface area contributed by atoms with Crippen molar-refractivity contribution in [3.8, 4) is 50.7 Å². The average Bonchev–Trinajstić information content (AvgIpc) is 1.97. The van der Waals surface area contributed by atoms with E-state index in [0.29, 0.717) is 39.1 Å². The molecule has 0 fully saturated rings. The molecular weight excluding hydrogens is 1160 g/mol. The summed E-state index contributed by atoms with van der Waals surface area (Å²) in [6.07, 6.45) is 4.01. The number of fused-ring (bicyclic) bond motifs is 5. The third-order valence-corrected chi connectivity index (χ3v) is 16.6. The van der Waals surface area contributed by atoms with Crippen LogP contribution < -0.4 is 14.5 Å². The smallest absolute Gasteiger partial charge is 0.135 e. The van der Waals surface area contributed by atoms with Crippen LogP contribution in [0.25, 0.3) is 61.0 Å². The molecule has 0 radical (unpaired) electrons. The van der Waals surface area contributed by atoms with Gasteiger partial charge in [0.1, 0.15) is 5.82 Å². The molecule has 0 spiro atoms. The van der Waals surface area contributed by atoms with Gasteiger partial charge in [-0.2, -0.15) is 12.1 Å². The molecule has 0 N–H and O–H groups in total. The summed E-state index contributed by atoms with van der Waals surface area (Å²) in [4.78, 5) is 9.34. The molecule has 8 aromatic carbocycles. The van der Waals surface area contributed by atoms with Crippen molar-refractivity contribution in [3.05, 3.63) is 223 Å². The molecule has 2 aromatic heterocycles. The molecule has 1 aliphatic heterocycles. The molecule has 80 heavy (non-hydrogen) atoms. The van der Waals surface area contributed by atoms with Crippen LogP contribution in [0, 0.1) is 18.8 Å². The predicted molar refractivity (Wildman–Crippen MR) is 332 cm³/mol. The normalized spacial score (nSPS) is 15.7. The number of nitrogens with zero attached hydrogens (tertiary/aromatic N) is 4. The van der Waals surface area contributed by atoms with E-state index in [2.05, 4.69) is 228 Å². The Labute approximate surface area is 495 Å². The van der Waals surface area contributed by atoms with Gasteiger partial charge < -0.3 is 19.1 Å². The van der Waals surface area contributed by atoms with Gasteiger partial charge in [0.05, 0.1) is 5.48 Å². The predicted octanol–water partition coefficient (Wildman–Crippen LogP) is 20.2.